The van der Waals surface area contributed by atoms with Crippen molar-refractivity contribution in [2.24, 2.45) is 5.73 Å². The topological polar surface area (TPSA) is 60.2 Å². The third-order valence-electron chi connectivity index (χ3n) is 3.90. The van der Waals surface area contributed by atoms with Gasteiger partial charge in [0.05, 0.1) is 10.1 Å². The van der Waals surface area contributed by atoms with Crippen LogP contribution in [-0.2, 0) is 9.84 Å². The number of sulfone groups is 1. The Kier molecular flexibility index (Phi) is 3.15. The molecule has 1 saturated carbocycles. The Hall–Kier alpha value is -1.65. The first kappa shape index (κ1) is 13.3. The van der Waals surface area contributed by atoms with Gasteiger partial charge in [0.2, 0.25) is 0 Å². The molecule has 0 radical (unpaired) electrons. The number of hydrogen-bond acceptors (Lipinski definition) is 3. The maximum Gasteiger partial charge on any atom is 0.183 e. The Morgan fingerprint density at radius 3 is 2.15 bits per heavy atom. The molecule has 0 amide bonds. The highest BCUT2D eigenvalue weighted by Crippen LogP contribution is 2.46. The van der Waals surface area contributed by atoms with Gasteiger partial charge in [-0.3, -0.25) is 0 Å². The maximum absolute atomic E-state index is 12.6. The predicted molar refractivity (Wildman–Crippen MR) is 79.3 cm³/mol. The van der Waals surface area contributed by atoms with Crippen molar-refractivity contribution in [1.29, 1.82) is 0 Å². The summed E-state index contributed by atoms with van der Waals surface area (Å²) in [5.74, 6) is -0.0965. The fourth-order valence-electron chi connectivity index (χ4n) is 2.67. The minimum Gasteiger partial charge on any atom is -0.326 e. The molecule has 0 heterocycles. The molecule has 1 fully saturated rings. The summed E-state index contributed by atoms with van der Waals surface area (Å²) in [6.45, 7) is 2.01. The molecule has 0 aliphatic heterocycles. The molecule has 104 valence electrons. The summed E-state index contributed by atoms with van der Waals surface area (Å²) >= 11 is 0. The number of benzene rings is 2. The van der Waals surface area contributed by atoms with Gasteiger partial charge in [-0.05, 0) is 24.6 Å². The fraction of sp³-hybridized carbons (Fsp3) is 0.250. The number of hydrogen-bond donors (Lipinski definition) is 1. The number of aryl methyl sites for hydroxylation is 1. The van der Waals surface area contributed by atoms with Gasteiger partial charge in [-0.2, -0.15) is 0 Å². The van der Waals surface area contributed by atoms with Gasteiger partial charge in [-0.1, -0.05) is 48.0 Å². The van der Waals surface area contributed by atoms with Gasteiger partial charge in [0.15, 0.2) is 9.84 Å². The molecule has 4 heteroatoms. The van der Waals surface area contributed by atoms with E-state index in [0.717, 1.165) is 11.1 Å². The van der Waals surface area contributed by atoms with Crippen molar-refractivity contribution >= 4 is 9.84 Å². The summed E-state index contributed by atoms with van der Waals surface area (Å²) in [5.41, 5.74) is 8.19. The molecule has 0 aromatic heterocycles. The number of rotatable bonds is 3. The van der Waals surface area contributed by atoms with Crippen molar-refractivity contribution in [3.63, 3.8) is 0 Å². The molecule has 0 bridgehead atoms. The lowest BCUT2D eigenvalue weighted by Gasteiger charge is -2.04. The minimum absolute atomic E-state index is 0.0965. The molecule has 3 nitrogen and oxygen atoms in total. The van der Waals surface area contributed by atoms with Crippen molar-refractivity contribution in [3.05, 3.63) is 65.7 Å². The zero-order valence-electron chi connectivity index (χ0n) is 11.2. The molecule has 3 rings (SSSR count). The van der Waals surface area contributed by atoms with Crippen LogP contribution in [-0.4, -0.2) is 19.7 Å². The lowest BCUT2D eigenvalue weighted by molar-refractivity contribution is 0.593. The van der Waals surface area contributed by atoms with Gasteiger partial charge in [-0.15, -0.1) is 0 Å². The fourth-order valence-corrected chi connectivity index (χ4v) is 4.74. The Bertz CT molecular complexity index is 708. The average molecular weight is 287 g/mol. The van der Waals surface area contributed by atoms with Crippen LogP contribution in [0.3, 0.4) is 0 Å². The largest absolute Gasteiger partial charge is 0.326 e. The SMILES string of the molecule is Cc1ccc(C2C(N)C2S(=O)(=O)c2ccccc2)cc1. The number of nitrogens with two attached hydrogens (primary N) is 1. The molecule has 0 spiro atoms. The van der Waals surface area contributed by atoms with Crippen LogP contribution in [0.5, 0.6) is 0 Å². The van der Waals surface area contributed by atoms with E-state index in [-0.39, 0.29) is 12.0 Å². The first-order chi connectivity index (χ1) is 9.51. The second-order valence-electron chi connectivity index (χ2n) is 5.34. The van der Waals surface area contributed by atoms with E-state index < -0.39 is 15.1 Å². The molecule has 0 saturated heterocycles. The molecule has 1 aliphatic carbocycles. The smallest absolute Gasteiger partial charge is 0.183 e. The lowest BCUT2D eigenvalue weighted by atomic mass is 10.1. The quantitative estimate of drug-likeness (QED) is 0.942. The highest BCUT2D eigenvalue weighted by Gasteiger charge is 2.56. The van der Waals surface area contributed by atoms with Crippen LogP contribution in [0, 0.1) is 6.92 Å². The second kappa shape index (κ2) is 4.72. The van der Waals surface area contributed by atoms with Gasteiger partial charge in [0, 0.05) is 12.0 Å². The summed E-state index contributed by atoms with van der Waals surface area (Å²) in [4.78, 5) is 0.357. The molecule has 2 N–H and O–H groups in total. The van der Waals surface area contributed by atoms with Crippen LogP contribution in [0.4, 0.5) is 0 Å². The van der Waals surface area contributed by atoms with Crippen LogP contribution in [0.25, 0.3) is 0 Å². The molecule has 3 unspecified atom stereocenters. The summed E-state index contributed by atoms with van der Waals surface area (Å²) in [7, 11) is -3.35. The molecule has 20 heavy (non-hydrogen) atoms. The molecule has 1 aliphatic rings. The summed E-state index contributed by atoms with van der Waals surface area (Å²) in [5, 5.41) is -0.507. The van der Waals surface area contributed by atoms with E-state index in [2.05, 4.69) is 0 Å². The van der Waals surface area contributed by atoms with E-state index in [9.17, 15) is 8.42 Å². The van der Waals surface area contributed by atoms with E-state index in [1.165, 1.54) is 0 Å². The third-order valence-corrected chi connectivity index (χ3v) is 6.15. The molecular weight excluding hydrogens is 270 g/mol. The predicted octanol–water partition coefficient (Wildman–Crippen LogP) is 2.26. The summed E-state index contributed by atoms with van der Waals surface area (Å²) < 4.78 is 25.2. The van der Waals surface area contributed by atoms with Crippen molar-refractivity contribution in [2.75, 3.05) is 0 Å². The van der Waals surface area contributed by atoms with Crippen LogP contribution in [0.1, 0.15) is 17.0 Å². The van der Waals surface area contributed by atoms with Gasteiger partial charge in [0.1, 0.15) is 0 Å². The normalized spacial score (nSPS) is 25.4. The van der Waals surface area contributed by atoms with Crippen molar-refractivity contribution < 1.29 is 8.42 Å². The second-order valence-corrected chi connectivity index (χ2v) is 7.44. The first-order valence-electron chi connectivity index (χ1n) is 6.63. The molecule has 2 aromatic rings. The zero-order chi connectivity index (χ0) is 14.3. The highest BCUT2D eigenvalue weighted by molar-refractivity contribution is 7.92. The zero-order valence-corrected chi connectivity index (χ0v) is 12.0. The van der Waals surface area contributed by atoms with Crippen LogP contribution in [0.15, 0.2) is 59.5 Å². The van der Waals surface area contributed by atoms with E-state index in [1.54, 1.807) is 24.3 Å². The standard InChI is InChI=1S/C16H17NO2S/c1-11-7-9-12(10-8-11)14-15(17)16(14)20(18,19)13-5-3-2-4-6-13/h2-10,14-16H,17H2,1H3. The monoisotopic (exact) mass is 287 g/mol. The Balaban J connectivity index is 1.91. The van der Waals surface area contributed by atoms with Gasteiger partial charge < -0.3 is 5.73 Å². The Morgan fingerprint density at radius 1 is 0.950 bits per heavy atom. The van der Waals surface area contributed by atoms with Gasteiger partial charge >= 0.3 is 0 Å². The van der Waals surface area contributed by atoms with Crippen LogP contribution >= 0.6 is 0 Å². The van der Waals surface area contributed by atoms with Crippen LogP contribution in [0.2, 0.25) is 0 Å². The molecule has 3 atom stereocenters. The molecule has 2 aromatic carbocycles. The summed E-state index contributed by atoms with van der Waals surface area (Å²) in [6.07, 6.45) is 0. The maximum atomic E-state index is 12.6. The highest BCUT2D eigenvalue weighted by atomic mass is 32.2. The Morgan fingerprint density at radius 2 is 1.55 bits per heavy atom. The molecular formula is C16H17NO2S. The van der Waals surface area contributed by atoms with E-state index in [4.69, 9.17) is 5.73 Å². The van der Waals surface area contributed by atoms with Crippen molar-refractivity contribution in [1.82, 2.24) is 0 Å². The van der Waals surface area contributed by atoms with Crippen molar-refractivity contribution in [2.45, 2.75) is 29.0 Å². The van der Waals surface area contributed by atoms with Crippen molar-refractivity contribution in [3.8, 4) is 0 Å². The van der Waals surface area contributed by atoms with Gasteiger partial charge in [0.25, 0.3) is 0 Å². The van der Waals surface area contributed by atoms with E-state index in [1.807, 2.05) is 37.3 Å². The third kappa shape index (κ3) is 2.15. The van der Waals surface area contributed by atoms with Crippen LogP contribution < -0.4 is 5.73 Å². The minimum atomic E-state index is -3.35. The average Bonchev–Trinajstić information content (AvgIpc) is 3.13. The summed E-state index contributed by atoms with van der Waals surface area (Å²) in [6, 6.07) is 16.2. The van der Waals surface area contributed by atoms with E-state index >= 15 is 0 Å². The van der Waals surface area contributed by atoms with E-state index in [0.29, 0.717) is 4.90 Å². The first-order valence-corrected chi connectivity index (χ1v) is 8.17. The Labute approximate surface area is 119 Å². The van der Waals surface area contributed by atoms with Gasteiger partial charge in [-0.25, -0.2) is 8.42 Å². The lowest BCUT2D eigenvalue weighted by Crippen LogP contribution is -2.15.